The summed E-state index contributed by atoms with van der Waals surface area (Å²) >= 11 is 0. The van der Waals surface area contributed by atoms with Crippen LogP contribution in [0.15, 0.2) is 30.9 Å². The maximum atomic E-state index is 11.8. The standard InChI is InChI=1S/C10H11N3O2/c1-12(15-2)10(14)8-4-3-5-13-7-11-6-9(8)13/h3-7H,1-2H3. The third-order valence-electron chi connectivity index (χ3n) is 2.24. The first-order chi connectivity index (χ1) is 7.24. The highest BCUT2D eigenvalue weighted by Crippen LogP contribution is 2.11. The van der Waals surface area contributed by atoms with Crippen LogP contribution in [0.5, 0.6) is 0 Å². The molecule has 0 saturated carbocycles. The summed E-state index contributed by atoms with van der Waals surface area (Å²) in [7, 11) is 3.02. The molecule has 0 bridgehead atoms. The Morgan fingerprint density at radius 1 is 1.60 bits per heavy atom. The van der Waals surface area contributed by atoms with E-state index in [-0.39, 0.29) is 5.91 Å². The number of hydroxylamine groups is 2. The number of carbonyl (C=O) groups is 1. The molecule has 0 aromatic carbocycles. The summed E-state index contributed by atoms with van der Waals surface area (Å²) in [5.74, 6) is -0.191. The lowest BCUT2D eigenvalue weighted by atomic mass is 10.2. The molecule has 0 unspecified atom stereocenters. The van der Waals surface area contributed by atoms with Crippen molar-refractivity contribution in [3.05, 3.63) is 36.4 Å². The molecule has 2 rings (SSSR count). The SMILES string of the molecule is CON(C)C(=O)c1cccn2cncc12. The number of rotatable bonds is 2. The predicted octanol–water partition coefficient (Wildman–Crippen LogP) is 0.968. The summed E-state index contributed by atoms with van der Waals surface area (Å²) in [6, 6.07) is 3.54. The van der Waals surface area contributed by atoms with Gasteiger partial charge in [0.15, 0.2) is 0 Å². The average molecular weight is 205 g/mol. The van der Waals surface area contributed by atoms with E-state index in [1.807, 2.05) is 6.20 Å². The molecule has 0 aliphatic rings. The maximum Gasteiger partial charge on any atom is 0.279 e. The smallest absolute Gasteiger partial charge is 0.279 e. The molecule has 5 heteroatoms. The minimum atomic E-state index is -0.191. The highest BCUT2D eigenvalue weighted by atomic mass is 16.7. The number of hydrogen-bond acceptors (Lipinski definition) is 3. The van der Waals surface area contributed by atoms with Gasteiger partial charge in [0.1, 0.15) is 0 Å². The largest absolute Gasteiger partial charge is 0.305 e. The van der Waals surface area contributed by atoms with Crippen LogP contribution in [-0.4, -0.2) is 34.5 Å². The molecule has 0 aliphatic carbocycles. The summed E-state index contributed by atoms with van der Waals surface area (Å²) in [6.45, 7) is 0. The Hall–Kier alpha value is -1.88. The molecule has 0 atom stereocenters. The van der Waals surface area contributed by atoms with Crippen LogP contribution in [0, 0.1) is 0 Å². The molecule has 0 radical (unpaired) electrons. The first-order valence-corrected chi connectivity index (χ1v) is 4.47. The summed E-state index contributed by atoms with van der Waals surface area (Å²) in [4.78, 5) is 20.7. The van der Waals surface area contributed by atoms with Crippen molar-refractivity contribution >= 4 is 11.4 Å². The number of fused-ring (bicyclic) bond motifs is 1. The third-order valence-corrected chi connectivity index (χ3v) is 2.24. The maximum absolute atomic E-state index is 11.8. The fourth-order valence-corrected chi connectivity index (χ4v) is 1.38. The van der Waals surface area contributed by atoms with Crippen molar-refractivity contribution in [3.63, 3.8) is 0 Å². The number of pyridine rings is 1. The van der Waals surface area contributed by atoms with E-state index in [9.17, 15) is 4.79 Å². The van der Waals surface area contributed by atoms with E-state index in [4.69, 9.17) is 4.84 Å². The van der Waals surface area contributed by atoms with Crippen LogP contribution < -0.4 is 0 Å². The van der Waals surface area contributed by atoms with Gasteiger partial charge < -0.3 is 4.40 Å². The van der Waals surface area contributed by atoms with Gasteiger partial charge >= 0.3 is 0 Å². The van der Waals surface area contributed by atoms with Gasteiger partial charge in [-0.05, 0) is 12.1 Å². The number of amides is 1. The van der Waals surface area contributed by atoms with Crippen molar-refractivity contribution in [1.82, 2.24) is 14.4 Å². The van der Waals surface area contributed by atoms with Crippen LogP contribution in [0.1, 0.15) is 10.4 Å². The molecule has 1 amide bonds. The van der Waals surface area contributed by atoms with Crippen LogP contribution in [-0.2, 0) is 4.84 Å². The van der Waals surface area contributed by atoms with Crippen molar-refractivity contribution < 1.29 is 9.63 Å². The number of imidazole rings is 1. The Labute approximate surface area is 86.9 Å². The minimum Gasteiger partial charge on any atom is -0.305 e. The van der Waals surface area contributed by atoms with Gasteiger partial charge in [-0.3, -0.25) is 9.63 Å². The van der Waals surface area contributed by atoms with Crippen molar-refractivity contribution in [2.45, 2.75) is 0 Å². The predicted molar refractivity (Wildman–Crippen MR) is 54.3 cm³/mol. The van der Waals surface area contributed by atoms with Crippen LogP contribution in [0.4, 0.5) is 0 Å². The molecule has 0 spiro atoms. The normalized spacial score (nSPS) is 10.5. The second kappa shape index (κ2) is 3.70. The van der Waals surface area contributed by atoms with Crippen molar-refractivity contribution in [2.24, 2.45) is 0 Å². The highest BCUT2D eigenvalue weighted by molar-refractivity contribution is 5.99. The van der Waals surface area contributed by atoms with Gasteiger partial charge in [0.2, 0.25) is 0 Å². The number of hydrogen-bond donors (Lipinski definition) is 0. The molecule has 2 heterocycles. The number of aromatic nitrogens is 2. The van der Waals surface area contributed by atoms with E-state index < -0.39 is 0 Å². The zero-order valence-electron chi connectivity index (χ0n) is 8.54. The fourth-order valence-electron chi connectivity index (χ4n) is 1.38. The van der Waals surface area contributed by atoms with E-state index in [0.717, 1.165) is 5.52 Å². The second-order valence-electron chi connectivity index (χ2n) is 3.09. The van der Waals surface area contributed by atoms with Gasteiger partial charge in [0.25, 0.3) is 5.91 Å². The van der Waals surface area contributed by atoms with Gasteiger partial charge in [-0.15, -0.1) is 0 Å². The van der Waals surface area contributed by atoms with E-state index in [0.29, 0.717) is 5.56 Å². The van der Waals surface area contributed by atoms with Crippen molar-refractivity contribution in [2.75, 3.05) is 14.2 Å². The quantitative estimate of drug-likeness (QED) is 0.686. The number of carbonyl (C=O) groups excluding carboxylic acids is 1. The van der Waals surface area contributed by atoms with Gasteiger partial charge in [0, 0.05) is 13.2 Å². The lowest BCUT2D eigenvalue weighted by Crippen LogP contribution is -2.25. The summed E-state index contributed by atoms with van der Waals surface area (Å²) in [5.41, 5.74) is 1.34. The van der Waals surface area contributed by atoms with Crippen LogP contribution in [0.25, 0.3) is 5.52 Å². The lowest BCUT2D eigenvalue weighted by molar-refractivity contribution is -0.0755. The monoisotopic (exact) mass is 205 g/mol. The topological polar surface area (TPSA) is 46.8 Å². The molecule has 0 saturated heterocycles. The molecular formula is C10H11N3O2. The van der Waals surface area contributed by atoms with E-state index in [2.05, 4.69) is 4.98 Å². The van der Waals surface area contributed by atoms with E-state index in [1.54, 1.807) is 36.1 Å². The summed E-state index contributed by atoms with van der Waals surface area (Å²) < 4.78 is 1.79. The summed E-state index contributed by atoms with van der Waals surface area (Å²) in [5, 5.41) is 1.18. The first kappa shape index (κ1) is 9.67. The van der Waals surface area contributed by atoms with Crippen molar-refractivity contribution in [3.8, 4) is 0 Å². The molecule has 0 fully saturated rings. The van der Waals surface area contributed by atoms with Crippen molar-refractivity contribution in [1.29, 1.82) is 0 Å². The Bertz CT molecular complexity index is 492. The van der Waals surface area contributed by atoms with Gasteiger partial charge in [-0.2, -0.15) is 0 Å². The van der Waals surface area contributed by atoms with E-state index >= 15 is 0 Å². The molecule has 78 valence electrons. The molecule has 5 nitrogen and oxygen atoms in total. The van der Waals surface area contributed by atoms with Crippen LogP contribution >= 0.6 is 0 Å². The minimum absolute atomic E-state index is 0.191. The Morgan fingerprint density at radius 3 is 3.13 bits per heavy atom. The van der Waals surface area contributed by atoms with Gasteiger partial charge in [-0.1, -0.05) is 0 Å². The number of nitrogens with zero attached hydrogens (tertiary/aromatic N) is 3. The lowest BCUT2D eigenvalue weighted by Gasteiger charge is -2.13. The Kier molecular flexibility index (Phi) is 2.39. The fraction of sp³-hybridized carbons (Fsp3) is 0.200. The zero-order chi connectivity index (χ0) is 10.8. The molecule has 15 heavy (non-hydrogen) atoms. The second-order valence-corrected chi connectivity index (χ2v) is 3.09. The molecule has 0 N–H and O–H groups in total. The Morgan fingerprint density at radius 2 is 2.40 bits per heavy atom. The molecule has 2 aromatic rings. The molecular weight excluding hydrogens is 194 g/mol. The van der Waals surface area contributed by atoms with E-state index in [1.165, 1.54) is 12.2 Å². The Balaban J connectivity index is 2.51. The third kappa shape index (κ3) is 1.57. The van der Waals surface area contributed by atoms with Gasteiger partial charge in [-0.25, -0.2) is 10.0 Å². The van der Waals surface area contributed by atoms with Gasteiger partial charge in [0.05, 0.1) is 30.7 Å². The van der Waals surface area contributed by atoms with Crippen LogP contribution in [0.3, 0.4) is 0 Å². The first-order valence-electron chi connectivity index (χ1n) is 4.47. The summed E-state index contributed by atoms with van der Waals surface area (Å²) in [6.07, 6.45) is 5.14. The zero-order valence-corrected chi connectivity index (χ0v) is 8.54. The molecule has 0 aliphatic heterocycles. The van der Waals surface area contributed by atoms with Crippen LogP contribution in [0.2, 0.25) is 0 Å². The highest BCUT2D eigenvalue weighted by Gasteiger charge is 2.14. The average Bonchev–Trinajstić information content (AvgIpc) is 2.74. The molecule has 2 aromatic heterocycles.